The smallest absolute Gasteiger partial charge is 0.292 e. The van der Waals surface area contributed by atoms with Gasteiger partial charge in [0.05, 0.1) is 18.9 Å². The van der Waals surface area contributed by atoms with Crippen LogP contribution < -0.4 is 0 Å². The van der Waals surface area contributed by atoms with Crippen LogP contribution in [0.1, 0.15) is 40.6 Å². The molecule has 2 aliphatic rings. The number of rotatable bonds is 4. The van der Waals surface area contributed by atoms with Crippen LogP contribution >= 0.6 is 11.6 Å². The minimum Gasteiger partial charge on any atom is -0.378 e. The van der Waals surface area contributed by atoms with E-state index >= 15 is 0 Å². The largest absolute Gasteiger partial charge is 0.378 e. The topological polar surface area (TPSA) is 58.8 Å². The predicted molar refractivity (Wildman–Crippen MR) is 102 cm³/mol. The zero-order chi connectivity index (χ0) is 18.6. The minimum atomic E-state index is -0.0859. The maximum Gasteiger partial charge on any atom is 0.292 e. The molecule has 1 amide bonds. The summed E-state index contributed by atoms with van der Waals surface area (Å²) in [4.78, 5) is 16.7. The SMILES string of the molecule is O=C(c1cc(C2CCN(Cc3ccc(Cl)cc3)CC2)no1)N1CCOCC1. The third-order valence-corrected chi connectivity index (χ3v) is 5.61. The molecule has 144 valence electrons. The molecular formula is C20H24ClN3O3. The van der Waals surface area contributed by atoms with E-state index in [0.29, 0.717) is 38.0 Å². The highest BCUT2D eigenvalue weighted by Crippen LogP contribution is 2.29. The fourth-order valence-electron chi connectivity index (χ4n) is 3.74. The summed E-state index contributed by atoms with van der Waals surface area (Å²) in [5.74, 6) is 0.606. The first-order valence-electron chi connectivity index (χ1n) is 9.49. The molecule has 0 spiro atoms. The van der Waals surface area contributed by atoms with Crippen molar-refractivity contribution < 1.29 is 14.1 Å². The lowest BCUT2D eigenvalue weighted by Gasteiger charge is -2.31. The number of halogens is 1. The van der Waals surface area contributed by atoms with Crippen molar-refractivity contribution in [1.82, 2.24) is 15.0 Å². The van der Waals surface area contributed by atoms with E-state index in [1.807, 2.05) is 18.2 Å². The summed E-state index contributed by atoms with van der Waals surface area (Å²) < 4.78 is 10.7. The van der Waals surface area contributed by atoms with Crippen LogP contribution in [0, 0.1) is 0 Å². The van der Waals surface area contributed by atoms with E-state index < -0.39 is 0 Å². The van der Waals surface area contributed by atoms with Gasteiger partial charge in [0.25, 0.3) is 5.91 Å². The summed E-state index contributed by atoms with van der Waals surface area (Å²) in [5.41, 5.74) is 2.18. The van der Waals surface area contributed by atoms with Gasteiger partial charge >= 0.3 is 0 Å². The molecule has 4 rings (SSSR count). The van der Waals surface area contributed by atoms with Crippen molar-refractivity contribution in [3.05, 3.63) is 52.4 Å². The number of benzene rings is 1. The van der Waals surface area contributed by atoms with Gasteiger partial charge in [0, 0.05) is 36.6 Å². The highest BCUT2D eigenvalue weighted by molar-refractivity contribution is 6.30. The van der Waals surface area contributed by atoms with Gasteiger partial charge in [-0.25, -0.2) is 0 Å². The summed E-state index contributed by atoms with van der Waals surface area (Å²) in [6, 6.07) is 9.86. The molecule has 3 heterocycles. The highest BCUT2D eigenvalue weighted by atomic mass is 35.5. The molecule has 0 N–H and O–H groups in total. The Bertz CT molecular complexity index is 763. The second kappa shape index (κ2) is 8.42. The number of amides is 1. The van der Waals surface area contributed by atoms with Crippen molar-refractivity contribution in [2.45, 2.75) is 25.3 Å². The van der Waals surface area contributed by atoms with E-state index in [9.17, 15) is 4.79 Å². The van der Waals surface area contributed by atoms with E-state index in [1.165, 1.54) is 5.56 Å². The Labute approximate surface area is 164 Å². The number of hydrogen-bond acceptors (Lipinski definition) is 5. The molecule has 27 heavy (non-hydrogen) atoms. The molecule has 2 aliphatic heterocycles. The van der Waals surface area contributed by atoms with Gasteiger partial charge in [0.1, 0.15) is 0 Å². The first-order valence-corrected chi connectivity index (χ1v) is 9.87. The third kappa shape index (κ3) is 4.51. The summed E-state index contributed by atoms with van der Waals surface area (Å²) in [6.07, 6.45) is 2.04. The fourth-order valence-corrected chi connectivity index (χ4v) is 3.87. The monoisotopic (exact) mass is 389 g/mol. The van der Waals surface area contributed by atoms with Gasteiger partial charge in [-0.15, -0.1) is 0 Å². The highest BCUT2D eigenvalue weighted by Gasteiger charge is 2.27. The number of aromatic nitrogens is 1. The number of nitrogens with zero attached hydrogens (tertiary/aromatic N) is 3. The molecule has 1 aromatic carbocycles. The molecule has 0 radical (unpaired) electrons. The molecule has 0 aliphatic carbocycles. The Balaban J connectivity index is 1.31. The Morgan fingerprint density at radius 3 is 2.52 bits per heavy atom. The molecule has 0 saturated carbocycles. The van der Waals surface area contributed by atoms with E-state index in [2.05, 4.69) is 22.2 Å². The summed E-state index contributed by atoms with van der Waals surface area (Å²) >= 11 is 5.95. The lowest BCUT2D eigenvalue weighted by atomic mass is 9.93. The molecule has 0 unspecified atom stereocenters. The second-order valence-corrected chi connectivity index (χ2v) is 7.63. The Morgan fingerprint density at radius 2 is 1.81 bits per heavy atom. The van der Waals surface area contributed by atoms with Gasteiger partial charge < -0.3 is 14.2 Å². The van der Waals surface area contributed by atoms with Crippen LogP contribution in [0.25, 0.3) is 0 Å². The number of carbonyl (C=O) groups excluding carboxylic acids is 1. The van der Waals surface area contributed by atoms with E-state index in [-0.39, 0.29) is 5.91 Å². The molecule has 6 nitrogen and oxygen atoms in total. The van der Waals surface area contributed by atoms with Crippen LogP contribution in [-0.4, -0.2) is 60.3 Å². The minimum absolute atomic E-state index is 0.0859. The number of likely N-dealkylation sites (tertiary alicyclic amines) is 1. The van der Waals surface area contributed by atoms with E-state index in [1.54, 1.807) is 4.90 Å². The number of hydrogen-bond donors (Lipinski definition) is 0. The van der Waals surface area contributed by atoms with Crippen LogP contribution in [0.3, 0.4) is 0 Å². The molecule has 0 atom stereocenters. The Hall–Kier alpha value is -1.89. The lowest BCUT2D eigenvalue weighted by molar-refractivity contribution is 0.0277. The Kier molecular flexibility index (Phi) is 5.76. The summed E-state index contributed by atoms with van der Waals surface area (Å²) in [7, 11) is 0. The van der Waals surface area contributed by atoms with Crippen molar-refractivity contribution >= 4 is 17.5 Å². The molecular weight excluding hydrogens is 366 g/mol. The quantitative estimate of drug-likeness (QED) is 0.803. The Morgan fingerprint density at radius 1 is 1.11 bits per heavy atom. The maximum atomic E-state index is 12.5. The van der Waals surface area contributed by atoms with E-state index in [4.69, 9.17) is 20.9 Å². The number of carbonyl (C=O) groups is 1. The van der Waals surface area contributed by atoms with Crippen LogP contribution in [0.5, 0.6) is 0 Å². The van der Waals surface area contributed by atoms with Crippen LogP contribution in [0.4, 0.5) is 0 Å². The maximum absolute atomic E-state index is 12.5. The molecule has 2 aromatic rings. The zero-order valence-electron chi connectivity index (χ0n) is 15.3. The predicted octanol–water partition coefficient (Wildman–Crippen LogP) is 3.18. The van der Waals surface area contributed by atoms with Crippen molar-refractivity contribution in [2.75, 3.05) is 39.4 Å². The van der Waals surface area contributed by atoms with Crippen molar-refractivity contribution in [3.8, 4) is 0 Å². The molecule has 2 saturated heterocycles. The number of morpholine rings is 1. The normalized spacial score (nSPS) is 19.4. The van der Waals surface area contributed by atoms with Gasteiger partial charge in [-0.2, -0.15) is 0 Å². The molecule has 1 aromatic heterocycles. The molecule has 7 heteroatoms. The van der Waals surface area contributed by atoms with Crippen LogP contribution in [-0.2, 0) is 11.3 Å². The fraction of sp³-hybridized carbons (Fsp3) is 0.500. The van der Waals surface area contributed by atoms with Crippen LogP contribution in [0.2, 0.25) is 5.02 Å². The van der Waals surface area contributed by atoms with Gasteiger partial charge in [-0.05, 0) is 43.6 Å². The summed E-state index contributed by atoms with van der Waals surface area (Å²) in [6.45, 7) is 5.33. The number of ether oxygens (including phenoxy) is 1. The first-order chi connectivity index (χ1) is 13.2. The van der Waals surface area contributed by atoms with Gasteiger partial charge in [-0.1, -0.05) is 28.9 Å². The first kappa shape index (κ1) is 18.5. The van der Waals surface area contributed by atoms with Crippen molar-refractivity contribution in [3.63, 3.8) is 0 Å². The lowest BCUT2D eigenvalue weighted by Crippen LogP contribution is -2.40. The molecule has 0 bridgehead atoms. The van der Waals surface area contributed by atoms with Gasteiger partial charge in [0.2, 0.25) is 5.76 Å². The molecule has 2 fully saturated rings. The third-order valence-electron chi connectivity index (χ3n) is 5.36. The number of piperidine rings is 1. The van der Waals surface area contributed by atoms with Gasteiger partial charge in [-0.3, -0.25) is 9.69 Å². The van der Waals surface area contributed by atoms with Crippen molar-refractivity contribution in [2.24, 2.45) is 0 Å². The van der Waals surface area contributed by atoms with Crippen LogP contribution in [0.15, 0.2) is 34.9 Å². The average Bonchev–Trinajstić information content (AvgIpc) is 3.21. The zero-order valence-corrected chi connectivity index (χ0v) is 16.0. The summed E-state index contributed by atoms with van der Waals surface area (Å²) in [5, 5.41) is 4.96. The second-order valence-electron chi connectivity index (χ2n) is 7.20. The standard InChI is InChI=1S/C20H24ClN3O3/c21-17-3-1-15(2-4-17)14-23-7-5-16(6-8-23)18-13-19(27-22-18)20(25)24-9-11-26-12-10-24/h1-4,13,16H,5-12,14H2. The average molecular weight is 390 g/mol. The van der Waals surface area contributed by atoms with Crippen molar-refractivity contribution in [1.29, 1.82) is 0 Å². The van der Waals surface area contributed by atoms with Gasteiger partial charge in [0.15, 0.2) is 0 Å². The van der Waals surface area contributed by atoms with E-state index in [0.717, 1.165) is 43.2 Å².